The number of hydrogen-bond acceptors (Lipinski definition) is 2. The molecule has 0 atom stereocenters. The van der Waals surface area contributed by atoms with Crippen molar-refractivity contribution in [3.8, 4) is 16.8 Å². The van der Waals surface area contributed by atoms with Gasteiger partial charge in [0, 0.05) is 38.7 Å². The van der Waals surface area contributed by atoms with Crippen molar-refractivity contribution < 1.29 is 4.42 Å². The molecule has 0 amide bonds. The number of furan rings is 1. The lowest BCUT2D eigenvalue weighted by Crippen LogP contribution is -2.62. The molecule has 0 unspecified atom stereocenters. The van der Waals surface area contributed by atoms with E-state index in [1.165, 1.54) is 105 Å². The maximum atomic E-state index is 6.94. The Morgan fingerprint density at radius 2 is 1.33 bits per heavy atom. The van der Waals surface area contributed by atoms with Gasteiger partial charge in [-0.1, -0.05) is 152 Å². The second kappa shape index (κ2) is 10.6. The fourth-order valence-corrected chi connectivity index (χ4v) is 11.6. The molecule has 2 aromatic heterocycles. The molecule has 264 valence electrons. The lowest BCUT2D eigenvalue weighted by Gasteiger charge is -2.52. The van der Waals surface area contributed by atoms with Crippen molar-refractivity contribution in [2.75, 3.05) is 4.81 Å². The second-order valence-electron chi connectivity index (χ2n) is 16.2. The molecular formula is C53H33BN2O. The fraction of sp³-hybridized carbons (Fsp3) is 0.0566. The number of nitrogens with zero attached hydrogens (tertiary/aromatic N) is 2. The van der Waals surface area contributed by atoms with E-state index in [9.17, 15) is 0 Å². The van der Waals surface area contributed by atoms with Crippen LogP contribution in [0.1, 0.15) is 40.0 Å². The highest BCUT2D eigenvalue weighted by atomic mass is 16.3. The number of allylic oxidation sites excluding steroid dienone is 1. The van der Waals surface area contributed by atoms with E-state index < -0.39 is 5.41 Å². The van der Waals surface area contributed by atoms with Crippen LogP contribution in [0.5, 0.6) is 0 Å². The van der Waals surface area contributed by atoms with Crippen molar-refractivity contribution in [1.29, 1.82) is 0 Å². The van der Waals surface area contributed by atoms with Crippen LogP contribution >= 0.6 is 0 Å². The Hall–Kier alpha value is -7.04. The molecule has 0 bridgehead atoms. The summed E-state index contributed by atoms with van der Waals surface area (Å²) in [7, 11) is 0. The van der Waals surface area contributed by atoms with Crippen LogP contribution in [0.4, 0.5) is 11.4 Å². The molecule has 0 N–H and O–H groups in total. The zero-order valence-corrected chi connectivity index (χ0v) is 31.0. The highest BCUT2D eigenvalue weighted by Gasteiger charge is 2.53. The number of para-hydroxylation sites is 3. The summed E-state index contributed by atoms with van der Waals surface area (Å²) < 4.78 is 9.56. The molecule has 0 saturated carbocycles. The standard InChI is InChI=1S/C53H33BN2O/c1-3-16-33(17-4-1)53(34-18-5-2-6-19-34)40-24-10-11-27-43(40)56-50-36(22-13-25-41(50)53)39-31-46-48(37-21-9-12-28-45(37)57-46)52-49(39)54(56)42-26-14-23-38-47-35-20-8-7-15-32(35)29-30-44(47)55(52)51(38)42/h1-8,10-20,22-31H,9,21H2. The van der Waals surface area contributed by atoms with E-state index in [4.69, 9.17) is 4.42 Å². The first-order valence-corrected chi connectivity index (χ1v) is 20.2. The molecule has 0 saturated heterocycles. The van der Waals surface area contributed by atoms with E-state index in [1.54, 1.807) is 0 Å². The highest BCUT2D eigenvalue weighted by molar-refractivity contribution is 6.94. The van der Waals surface area contributed by atoms with Crippen molar-refractivity contribution in [3.63, 3.8) is 0 Å². The van der Waals surface area contributed by atoms with E-state index in [0.29, 0.717) is 0 Å². The summed E-state index contributed by atoms with van der Waals surface area (Å²) in [5, 5.41) is 6.43. The molecule has 57 heavy (non-hydrogen) atoms. The third kappa shape index (κ3) is 3.53. The minimum absolute atomic E-state index is 0.0739. The van der Waals surface area contributed by atoms with Gasteiger partial charge in [0.15, 0.2) is 0 Å². The van der Waals surface area contributed by atoms with Crippen LogP contribution in [0.25, 0.3) is 66.4 Å². The van der Waals surface area contributed by atoms with E-state index in [0.717, 1.165) is 24.2 Å². The second-order valence-corrected chi connectivity index (χ2v) is 16.2. The predicted molar refractivity (Wildman–Crippen MR) is 236 cm³/mol. The first-order valence-electron chi connectivity index (χ1n) is 20.2. The SMILES string of the molecule is C1=Cc2oc3cc4c5c(c3c2CC1)-n1c2ccc3ccccc3c2c2cccc(c21)B5N1c2ccccc2C(c2ccccc2)(c2ccccc2)c2cccc-4c21. The van der Waals surface area contributed by atoms with Crippen molar-refractivity contribution >= 4 is 78.8 Å². The topological polar surface area (TPSA) is 21.3 Å². The lowest BCUT2D eigenvalue weighted by molar-refractivity contribution is 0.595. The monoisotopic (exact) mass is 724 g/mol. The number of rotatable bonds is 2. The number of aryl methyl sites for hydroxylation is 1. The lowest BCUT2D eigenvalue weighted by atomic mass is 9.42. The van der Waals surface area contributed by atoms with Gasteiger partial charge >= 0.3 is 6.85 Å². The molecular weight excluding hydrogens is 691 g/mol. The van der Waals surface area contributed by atoms with Gasteiger partial charge in [-0.3, -0.25) is 0 Å². The molecule has 0 radical (unpaired) electrons. The number of hydrogen-bond donors (Lipinski definition) is 0. The van der Waals surface area contributed by atoms with Gasteiger partial charge in [0.1, 0.15) is 11.3 Å². The molecule has 10 aromatic rings. The third-order valence-corrected chi connectivity index (χ3v) is 13.7. The predicted octanol–water partition coefficient (Wildman–Crippen LogP) is 11.6. The summed E-state index contributed by atoms with van der Waals surface area (Å²) in [4.78, 5) is 2.72. The molecule has 1 aliphatic carbocycles. The van der Waals surface area contributed by atoms with Gasteiger partial charge in [-0.15, -0.1) is 0 Å². The largest absolute Gasteiger partial charge is 0.456 e. The highest BCUT2D eigenvalue weighted by Crippen LogP contribution is 2.60. The van der Waals surface area contributed by atoms with Crippen LogP contribution in [0, 0.1) is 0 Å². The summed E-state index contributed by atoms with van der Waals surface area (Å²) in [6.07, 6.45) is 6.44. The third-order valence-electron chi connectivity index (χ3n) is 13.7. The Morgan fingerprint density at radius 3 is 2.19 bits per heavy atom. The average Bonchev–Trinajstić information content (AvgIpc) is 3.83. The van der Waals surface area contributed by atoms with Gasteiger partial charge in [-0.2, -0.15) is 0 Å². The van der Waals surface area contributed by atoms with E-state index in [1.807, 2.05) is 0 Å². The Labute approximate surface area is 329 Å². The molecule has 3 aliphatic heterocycles. The minimum atomic E-state index is -0.547. The Balaban J connectivity index is 1.22. The van der Waals surface area contributed by atoms with E-state index in [-0.39, 0.29) is 6.85 Å². The molecule has 0 fully saturated rings. The van der Waals surface area contributed by atoms with Crippen LogP contribution in [0.15, 0.2) is 174 Å². The molecule has 5 heterocycles. The van der Waals surface area contributed by atoms with Gasteiger partial charge in [0.25, 0.3) is 0 Å². The van der Waals surface area contributed by atoms with Gasteiger partial charge in [-0.25, -0.2) is 0 Å². The van der Waals surface area contributed by atoms with Crippen molar-refractivity contribution in [3.05, 3.63) is 203 Å². The van der Waals surface area contributed by atoms with Gasteiger partial charge < -0.3 is 13.8 Å². The van der Waals surface area contributed by atoms with E-state index >= 15 is 0 Å². The van der Waals surface area contributed by atoms with Crippen molar-refractivity contribution in [2.24, 2.45) is 0 Å². The molecule has 3 nitrogen and oxygen atoms in total. The van der Waals surface area contributed by atoms with E-state index in [2.05, 4.69) is 185 Å². The number of benzene rings is 8. The Bertz CT molecular complexity index is 3390. The van der Waals surface area contributed by atoms with Crippen LogP contribution in [0.2, 0.25) is 0 Å². The summed E-state index contributed by atoms with van der Waals surface area (Å²) in [6, 6.07) is 61.6. The van der Waals surface area contributed by atoms with Gasteiger partial charge in [0.05, 0.1) is 22.1 Å². The number of aromatic nitrogens is 1. The normalized spacial score (nSPS) is 15.2. The summed E-state index contributed by atoms with van der Waals surface area (Å²) in [5.74, 6) is 0.996. The minimum Gasteiger partial charge on any atom is -0.456 e. The van der Waals surface area contributed by atoms with Crippen LogP contribution in [0.3, 0.4) is 0 Å². The molecule has 4 aliphatic rings. The Morgan fingerprint density at radius 1 is 0.596 bits per heavy atom. The molecule has 14 rings (SSSR count). The first kappa shape index (κ1) is 30.2. The maximum Gasteiger partial charge on any atom is 0.333 e. The van der Waals surface area contributed by atoms with Crippen LogP contribution < -0.4 is 15.7 Å². The quantitative estimate of drug-likeness (QED) is 0.166. The fourth-order valence-electron chi connectivity index (χ4n) is 11.6. The summed E-state index contributed by atoms with van der Waals surface area (Å²) in [6.45, 7) is -0.0739. The summed E-state index contributed by atoms with van der Waals surface area (Å²) >= 11 is 0. The molecule has 0 spiro atoms. The zero-order chi connectivity index (χ0) is 37.0. The van der Waals surface area contributed by atoms with Gasteiger partial charge in [-0.05, 0) is 86.6 Å². The smallest absolute Gasteiger partial charge is 0.333 e. The summed E-state index contributed by atoms with van der Waals surface area (Å²) in [5.41, 5.74) is 18.4. The van der Waals surface area contributed by atoms with Crippen LogP contribution in [-0.2, 0) is 11.8 Å². The average molecular weight is 725 g/mol. The maximum absolute atomic E-state index is 6.94. The molecule has 8 aromatic carbocycles. The number of fused-ring (bicyclic) bond motifs is 15. The van der Waals surface area contributed by atoms with Crippen LogP contribution in [-0.4, -0.2) is 11.4 Å². The Kier molecular flexibility index (Phi) is 5.63. The first-order chi connectivity index (χ1) is 28.3. The number of anilines is 2. The van der Waals surface area contributed by atoms with Gasteiger partial charge in [0.2, 0.25) is 0 Å². The zero-order valence-electron chi connectivity index (χ0n) is 31.0. The van der Waals surface area contributed by atoms with Crippen molar-refractivity contribution in [1.82, 2.24) is 4.57 Å². The molecule has 4 heteroatoms. The van der Waals surface area contributed by atoms with Crippen molar-refractivity contribution in [2.45, 2.75) is 18.3 Å².